The number of fused-ring (bicyclic) bond motifs is 1. The van der Waals surface area contributed by atoms with E-state index in [1.165, 1.54) is 28.9 Å². The largest absolute Gasteiger partial charge is 1.00 e. The van der Waals surface area contributed by atoms with E-state index in [1.807, 2.05) is 6.92 Å². The van der Waals surface area contributed by atoms with E-state index in [0.717, 1.165) is 53.1 Å². The molecule has 0 spiro atoms. The topological polar surface area (TPSA) is 267 Å². The predicted molar refractivity (Wildman–Crippen MR) is 168 cm³/mol. The average molecular weight is 724 g/mol. The first-order valence-electron chi connectivity index (χ1n) is 14.2. The number of benzene rings is 1. The van der Waals surface area contributed by atoms with Gasteiger partial charge in [-0.15, -0.1) is 16.9 Å². The van der Waals surface area contributed by atoms with Gasteiger partial charge in [-0.05, 0) is 40.1 Å². The molecule has 0 bridgehead atoms. The molecule has 3 atom stereocenters. The minimum Gasteiger partial charge on any atom is -0.543 e. The molecule has 49 heavy (non-hydrogen) atoms. The number of nitrogens with one attached hydrogen (secondary N) is 2. The van der Waals surface area contributed by atoms with Crippen molar-refractivity contribution in [2.75, 3.05) is 35.4 Å². The molecule has 2 aliphatic rings. The summed E-state index contributed by atoms with van der Waals surface area (Å²) in [6.45, 7) is 2.41. The van der Waals surface area contributed by atoms with Crippen molar-refractivity contribution in [2.24, 2.45) is 12.8 Å². The van der Waals surface area contributed by atoms with Gasteiger partial charge in [0.25, 0.3) is 17.5 Å². The molecule has 1 fully saturated rings. The van der Waals surface area contributed by atoms with Gasteiger partial charge in [-0.1, -0.05) is 30.8 Å². The van der Waals surface area contributed by atoms with Gasteiger partial charge in [-0.3, -0.25) is 19.4 Å². The number of carboxylic acids is 1. The van der Waals surface area contributed by atoms with E-state index >= 15 is 0 Å². The summed E-state index contributed by atoms with van der Waals surface area (Å²) in [5, 5.41) is 49.0. The molecule has 1 unspecified atom stereocenters. The molecule has 0 saturated carbocycles. The first kappa shape index (κ1) is 37.7. The van der Waals surface area contributed by atoms with Crippen LogP contribution in [0.25, 0.3) is 0 Å². The van der Waals surface area contributed by atoms with Crippen molar-refractivity contribution in [1.29, 1.82) is 0 Å². The van der Waals surface area contributed by atoms with Crippen LogP contribution < -0.4 is 55.9 Å². The number of methoxy groups -OCH3 is 1. The van der Waals surface area contributed by atoms with Crippen LogP contribution in [0.5, 0.6) is 11.6 Å². The number of phenolic OH excluding ortho intramolecular Hbond substituents is 1. The molecule has 0 radical (unpaired) electrons. The molecule has 2 aromatic heterocycles. The molecule has 5 rings (SSSR count). The standard InChI is InChI=1S/C27H31N11O8S2.Na/c1-4-9-29-25-30-10-16(19(40)31-25)37(24(28)45)17(13-5-7-15(39)8-6-13)20(41)32-27(46-3)22(44)38-18(21(42)43)14(11-47-23(27)38)12-48-26-33-34-35-36(26)2;/h5-8,10,17,23,39H,4,9,11-12H2,1-3H3,(H2,28,45)(H,32,41)(H,42,43)(H2,29,30,31,40);/q;+1/p-1/t17?,23-,27-;/m0./s1. The molecule has 6 N–H and O–H groups in total. The molecule has 254 valence electrons. The van der Waals surface area contributed by atoms with Gasteiger partial charge in [0, 0.05) is 32.2 Å². The van der Waals surface area contributed by atoms with Crippen LogP contribution in [0, 0.1) is 0 Å². The number of aryl methyl sites for hydroxylation is 1. The molecule has 2 aliphatic heterocycles. The monoisotopic (exact) mass is 723 g/mol. The molecule has 1 aromatic carbocycles. The Kier molecular flexibility index (Phi) is 12.0. The molecular weight excluding hydrogens is 693 g/mol. The maximum absolute atomic E-state index is 14.2. The van der Waals surface area contributed by atoms with E-state index in [9.17, 15) is 34.5 Å². The molecular formula is C27H30N11NaO8S2. The second-order valence-corrected chi connectivity index (χ2v) is 12.4. The molecule has 4 heterocycles. The van der Waals surface area contributed by atoms with E-state index in [4.69, 9.17) is 10.5 Å². The van der Waals surface area contributed by atoms with Crippen LogP contribution in [-0.2, 0) is 26.2 Å². The zero-order chi connectivity index (χ0) is 34.7. The van der Waals surface area contributed by atoms with Gasteiger partial charge in [0.15, 0.2) is 0 Å². The van der Waals surface area contributed by atoms with Crippen molar-refractivity contribution in [2.45, 2.75) is 35.6 Å². The van der Waals surface area contributed by atoms with Gasteiger partial charge in [-0.25, -0.2) is 14.5 Å². The molecule has 3 aromatic rings. The van der Waals surface area contributed by atoms with Crippen molar-refractivity contribution in [1.82, 2.24) is 40.4 Å². The fraction of sp³-hybridized carbons (Fsp3) is 0.370. The number of urea groups is 1. The third-order valence-corrected chi connectivity index (χ3v) is 9.86. The maximum Gasteiger partial charge on any atom is 1.00 e. The van der Waals surface area contributed by atoms with Crippen LogP contribution >= 0.6 is 23.5 Å². The van der Waals surface area contributed by atoms with Gasteiger partial charge in [-0.2, -0.15) is 4.98 Å². The van der Waals surface area contributed by atoms with E-state index < -0.39 is 46.8 Å². The Hall–Kier alpha value is -4.15. The molecule has 19 nitrogen and oxygen atoms in total. The number of carbonyl (C=O) groups is 4. The van der Waals surface area contributed by atoms with Crippen LogP contribution in [0.2, 0.25) is 0 Å². The minimum atomic E-state index is -2.08. The second kappa shape index (κ2) is 15.6. The summed E-state index contributed by atoms with van der Waals surface area (Å²) in [6.07, 6.45) is 1.83. The number of rotatable bonds is 13. The number of amides is 4. The number of ether oxygens (including phenoxy) is 1. The molecule has 1 saturated heterocycles. The van der Waals surface area contributed by atoms with E-state index in [0.29, 0.717) is 17.3 Å². The van der Waals surface area contributed by atoms with Crippen molar-refractivity contribution in [3.63, 3.8) is 0 Å². The Morgan fingerprint density at radius 3 is 2.57 bits per heavy atom. The number of aliphatic carboxylic acids is 1. The van der Waals surface area contributed by atoms with Crippen LogP contribution in [0.4, 0.5) is 16.4 Å². The van der Waals surface area contributed by atoms with Crippen LogP contribution in [0.3, 0.4) is 0 Å². The number of hydrogen-bond acceptors (Lipinski definition) is 16. The number of thioether (sulfide) groups is 2. The Morgan fingerprint density at radius 1 is 1.29 bits per heavy atom. The molecule has 0 aliphatic carbocycles. The van der Waals surface area contributed by atoms with Gasteiger partial charge in [0.1, 0.15) is 22.9 Å². The summed E-state index contributed by atoms with van der Waals surface area (Å²) in [4.78, 5) is 63.1. The average Bonchev–Trinajstić information content (AvgIpc) is 3.48. The number of aromatic nitrogens is 6. The van der Waals surface area contributed by atoms with Gasteiger partial charge in [0.05, 0.1) is 17.9 Å². The molecule has 4 amide bonds. The van der Waals surface area contributed by atoms with Crippen LogP contribution in [0.1, 0.15) is 24.9 Å². The predicted octanol–water partition coefficient (Wildman–Crippen LogP) is -3.97. The van der Waals surface area contributed by atoms with Gasteiger partial charge >= 0.3 is 35.6 Å². The summed E-state index contributed by atoms with van der Waals surface area (Å²) < 4.78 is 6.99. The first-order valence-corrected chi connectivity index (χ1v) is 16.2. The number of hydrogen-bond donors (Lipinski definition) is 5. The Labute approximate surface area is 309 Å². The van der Waals surface area contributed by atoms with Crippen molar-refractivity contribution >= 4 is 59.0 Å². The minimum absolute atomic E-state index is 0. The summed E-state index contributed by atoms with van der Waals surface area (Å²) >= 11 is 2.29. The number of tetrazole rings is 1. The number of primary amides is 1. The second-order valence-electron chi connectivity index (χ2n) is 10.4. The summed E-state index contributed by atoms with van der Waals surface area (Å²) in [7, 11) is 2.78. The fourth-order valence-corrected chi connectivity index (χ4v) is 7.53. The number of β-lactam (4-membered cyclic amide) rings is 1. The van der Waals surface area contributed by atoms with Gasteiger partial charge in [0.2, 0.25) is 17.0 Å². The number of aromatic hydroxyl groups is 2. The Balaban J connectivity index is 0.00000541. The third-order valence-electron chi connectivity index (χ3n) is 7.39. The Morgan fingerprint density at radius 2 is 2.00 bits per heavy atom. The SMILES string of the molecule is CCCNc1ncc(N(C(N)=O)C(C(=O)N[C@]2(OC)C(=O)N3C(C(=O)[O-])=C(CSc4nnnn4C)CS[C@H]32)c2ccc(O)cc2)c(O)n1.[Na+]. The number of carbonyl (C=O) groups excluding carboxylic acids is 4. The van der Waals surface area contributed by atoms with Crippen molar-refractivity contribution < 1.29 is 68.8 Å². The maximum atomic E-state index is 14.2. The van der Waals surface area contributed by atoms with E-state index in [1.54, 1.807) is 7.05 Å². The zero-order valence-electron chi connectivity index (χ0n) is 26.7. The summed E-state index contributed by atoms with van der Waals surface area (Å²) in [5.74, 6) is -4.04. The van der Waals surface area contributed by atoms with Crippen molar-refractivity contribution in [3.05, 3.63) is 47.3 Å². The number of carboxylic acid groups (broad SMARTS) is 1. The summed E-state index contributed by atoms with van der Waals surface area (Å²) in [6, 6.07) is 2.33. The smallest absolute Gasteiger partial charge is 0.543 e. The van der Waals surface area contributed by atoms with Crippen molar-refractivity contribution in [3.8, 4) is 11.6 Å². The van der Waals surface area contributed by atoms with E-state index in [2.05, 4.69) is 36.1 Å². The van der Waals surface area contributed by atoms with E-state index in [-0.39, 0.29) is 69.7 Å². The van der Waals surface area contributed by atoms with Crippen LogP contribution in [0.15, 0.2) is 46.9 Å². The molecule has 22 heteroatoms. The number of anilines is 2. The normalized spacial score (nSPS) is 18.9. The Bertz CT molecular complexity index is 1780. The number of nitrogens with zero attached hydrogens (tertiary/aromatic N) is 8. The quantitative estimate of drug-likeness (QED) is 0.0487. The summed E-state index contributed by atoms with van der Waals surface area (Å²) in [5.41, 5.74) is 3.43. The zero-order valence-corrected chi connectivity index (χ0v) is 30.3. The third kappa shape index (κ3) is 7.26. The number of phenols is 1. The van der Waals surface area contributed by atoms with Crippen LogP contribution in [-0.4, -0.2) is 105 Å². The number of nitrogens with two attached hydrogens (primary N) is 1. The first-order chi connectivity index (χ1) is 22.9. The van der Waals surface area contributed by atoms with Gasteiger partial charge < -0.3 is 41.2 Å². The fourth-order valence-electron chi connectivity index (χ4n) is 5.11.